The summed E-state index contributed by atoms with van der Waals surface area (Å²) in [4.78, 5) is 35.6. The van der Waals surface area contributed by atoms with Gasteiger partial charge in [-0.1, -0.05) is 18.2 Å². The van der Waals surface area contributed by atoms with Crippen LogP contribution in [0.15, 0.2) is 30.5 Å². The van der Waals surface area contributed by atoms with E-state index in [1.165, 1.54) is 17.6 Å². The highest BCUT2D eigenvalue weighted by molar-refractivity contribution is 6.00. The minimum atomic E-state index is -1.16. The quantitative estimate of drug-likeness (QED) is 0.825. The van der Waals surface area contributed by atoms with Crippen molar-refractivity contribution in [1.82, 2.24) is 9.88 Å². The van der Waals surface area contributed by atoms with Gasteiger partial charge in [0.15, 0.2) is 11.8 Å². The molecule has 1 atom stereocenters. The minimum Gasteiger partial charge on any atom is -0.479 e. The van der Waals surface area contributed by atoms with Crippen LogP contribution in [-0.4, -0.2) is 27.3 Å². The number of Topliss-reactive ketones (excluding diaryl/α,β-unsaturated/α-hetero) is 1. The summed E-state index contributed by atoms with van der Waals surface area (Å²) in [6, 6.07) is 5.63. The fourth-order valence-electron chi connectivity index (χ4n) is 2.55. The van der Waals surface area contributed by atoms with Crippen molar-refractivity contribution in [3.8, 4) is 0 Å². The first kappa shape index (κ1) is 17.5. The first-order chi connectivity index (χ1) is 11.2. The maximum Gasteiger partial charge on any atom is 0.330 e. The van der Waals surface area contributed by atoms with E-state index in [0.29, 0.717) is 11.1 Å². The van der Waals surface area contributed by atoms with Crippen LogP contribution in [0, 0.1) is 13.8 Å². The van der Waals surface area contributed by atoms with Gasteiger partial charge in [-0.05, 0) is 43.5 Å². The van der Waals surface area contributed by atoms with E-state index < -0.39 is 17.9 Å². The number of nitrogens with zero attached hydrogens (tertiary/aromatic N) is 1. The number of aliphatic carboxylic acids is 1. The van der Waals surface area contributed by atoms with Crippen molar-refractivity contribution in [1.29, 1.82) is 0 Å². The van der Waals surface area contributed by atoms with Gasteiger partial charge in [0.05, 0.1) is 0 Å². The van der Waals surface area contributed by atoms with Gasteiger partial charge in [0.2, 0.25) is 0 Å². The molecule has 0 aliphatic carbocycles. The Kier molecular flexibility index (Phi) is 4.87. The standard InChI is InChI=1S/C18H20N2O4/c1-10-6-5-7-14(11(10)2)16(18(23)24)19-17(22)15-8-13(12(3)21)9-20(15)4/h5-9,16H,1-4H3,(H,19,22)(H,23,24). The Morgan fingerprint density at radius 3 is 2.42 bits per heavy atom. The van der Waals surface area contributed by atoms with Crippen LogP contribution in [0.5, 0.6) is 0 Å². The number of amides is 1. The average molecular weight is 328 g/mol. The molecule has 1 aromatic carbocycles. The summed E-state index contributed by atoms with van der Waals surface area (Å²) in [5, 5.41) is 12.1. The van der Waals surface area contributed by atoms with Crippen LogP contribution in [0.3, 0.4) is 0 Å². The van der Waals surface area contributed by atoms with Crippen LogP contribution >= 0.6 is 0 Å². The zero-order chi connectivity index (χ0) is 18.0. The van der Waals surface area contributed by atoms with Gasteiger partial charge < -0.3 is 15.0 Å². The van der Waals surface area contributed by atoms with Gasteiger partial charge in [0, 0.05) is 18.8 Å². The van der Waals surface area contributed by atoms with E-state index in [4.69, 9.17) is 0 Å². The number of carbonyl (C=O) groups is 3. The fraction of sp³-hybridized carbons (Fsp3) is 0.278. The normalized spacial score (nSPS) is 11.8. The molecule has 0 saturated heterocycles. The smallest absolute Gasteiger partial charge is 0.330 e. The van der Waals surface area contributed by atoms with E-state index in [0.717, 1.165) is 11.1 Å². The number of aromatic nitrogens is 1. The fourth-order valence-corrected chi connectivity index (χ4v) is 2.55. The largest absolute Gasteiger partial charge is 0.479 e. The van der Waals surface area contributed by atoms with Crippen LogP contribution in [0.2, 0.25) is 0 Å². The van der Waals surface area contributed by atoms with Gasteiger partial charge in [0.1, 0.15) is 5.69 Å². The van der Waals surface area contributed by atoms with Crippen molar-refractivity contribution >= 4 is 17.7 Å². The first-order valence-electron chi connectivity index (χ1n) is 7.49. The van der Waals surface area contributed by atoms with E-state index >= 15 is 0 Å². The van der Waals surface area contributed by atoms with Gasteiger partial charge >= 0.3 is 5.97 Å². The number of carboxylic acids is 1. The van der Waals surface area contributed by atoms with Crippen LogP contribution < -0.4 is 5.32 Å². The number of carbonyl (C=O) groups excluding carboxylic acids is 2. The Hall–Kier alpha value is -2.89. The highest BCUT2D eigenvalue weighted by Gasteiger charge is 2.26. The molecule has 2 N–H and O–H groups in total. The molecule has 0 bridgehead atoms. The molecule has 1 amide bonds. The monoisotopic (exact) mass is 328 g/mol. The number of rotatable bonds is 5. The van der Waals surface area contributed by atoms with Crippen LogP contribution in [0.4, 0.5) is 0 Å². The van der Waals surface area contributed by atoms with E-state index in [2.05, 4.69) is 5.32 Å². The lowest BCUT2D eigenvalue weighted by molar-refractivity contribution is -0.139. The summed E-state index contributed by atoms with van der Waals surface area (Å²) in [6.45, 7) is 5.12. The van der Waals surface area contributed by atoms with Crippen molar-refractivity contribution in [2.24, 2.45) is 7.05 Å². The molecule has 0 saturated carbocycles. The zero-order valence-electron chi connectivity index (χ0n) is 14.1. The molecule has 0 aliphatic heterocycles. The molecule has 1 aromatic heterocycles. The molecular weight excluding hydrogens is 308 g/mol. The predicted molar refractivity (Wildman–Crippen MR) is 89.2 cm³/mol. The topological polar surface area (TPSA) is 88.4 Å². The molecule has 6 nitrogen and oxygen atoms in total. The van der Waals surface area contributed by atoms with Crippen molar-refractivity contribution in [2.75, 3.05) is 0 Å². The summed E-state index contributed by atoms with van der Waals surface area (Å²) in [7, 11) is 1.63. The number of benzene rings is 1. The molecule has 1 heterocycles. The Bertz CT molecular complexity index is 820. The molecule has 1 unspecified atom stereocenters. The SMILES string of the molecule is CC(=O)c1cc(C(=O)NC(C(=O)O)c2cccc(C)c2C)n(C)c1. The molecular formula is C18H20N2O4. The van der Waals surface area contributed by atoms with E-state index in [1.807, 2.05) is 19.9 Å². The minimum absolute atomic E-state index is 0.158. The lowest BCUT2D eigenvalue weighted by atomic mass is 9.97. The van der Waals surface area contributed by atoms with Crippen LogP contribution in [0.1, 0.15) is 50.5 Å². The van der Waals surface area contributed by atoms with Crippen molar-refractivity contribution in [2.45, 2.75) is 26.8 Å². The summed E-state index contributed by atoms with van der Waals surface area (Å²) >= 11 is 0. The van der Waals surface area contributed by atoms with Crippen LogP contribution in [0.25, 0.3) is 0 Å². The average Bonchev–Trinajstić information content (AvgIpc) is 2.90. The maximum atomic E-state index is 12.5. The second-order valence-corrected chi connectivity index (χ2v) is 5.81. The van der Waals surface area contributed by atoms with Gasteiger partial charge in [-0.15, -0.1) is 0 Å². The molecule has 6 heteroatoms. The van der Waals surface area contributed by atoms with Crippen molar-refractivity contribution in [3.63, 3.8) is 0 Å². The van der Waals surface area contributed by atoms with E-state index in [9.17, 15) is 19.5 Å². The third-order valence-corrected chi connectivity index (χ3v) is 4.12. The Morgan fingerprint density at radius 1 is 1.21 bits per heavy atom. The third kappa shape index (κ3) is 3.37. The molecule has 0 radical (unpaired) electrons. The Morgan fingerprint density at radius 2 is 1.88 bits per heavy atom. The molecule has 0 fully saturated rings. The molecule has 24 heavy (non-hydrogen) atoms. The van der Waals surface area contributed by atoms with E-state index in [1.54, 1.807) is 25.4 Å². The van der Waals surface area contributed by atoms with Gasteiger partial charge in [-0.25, -0.2) is 4.79 Å². The highest BCUT2D eigenvalue weighted by atomic mass is 16.4. The van der Waals surface area contributed by atoms with Gasteiger partial charge in [-0.2, -0.15) is 0 Å². The summed E-state index contributed by atoms with van der Waals surface area (Å²) in [5.41, 5.74) is 2.95. The molecule has 0 spiro atoms. The third-order valence-electron chi connectivity index (χ3n) is 4.12. The molecule has 2 rings (SSSR count). The summed E-state index contributed by atoms with van der Waals surface area (Å²) in [5.74, 6) is -1.84. The van der Waals surface area contributed by atoms with E-state index in [-0.39, 0.29) is 11.5 Å². The second kappa shape index (κ2) is 6.70. The number of nitrogens with one attached hydrogen (secondary N) is 1. The Labute approximate surface area is 140 Å². The number of ketones is 1. The van der Waals surface area contributed by atoms with Gasteiger partial charge in [-0.3, -0.25) is 9.59 Å². The first-order valence-corrected chi connectivity index (χ1v) is 7.49. The number of carboxylic acid groups (broad SMARTS) is 1. The summed E-state index contributed by atoms with van der Waals surface area (Å²) in [6.07, 6.45) is 1.55. The maximum absolute atomic E-state index is 12.5. The lowest BCUT2D eigenvalue weighted by Crippen LogP contribution is -2.35. The number of aryl methyl sites for hydroxylation is 2. The van der Waals surface area contributed by atoms with Gasteiger partial charge in [0.25, 0.3) is 5.91 Å². The predicted octanol–water partition coefficient (Wildman–Crippen LogP) is 2.40. The molecule has 0 aliphatic rings. The van der Waals surface area contributed by atoms with Crippen molar-refractivity contribution in [3.05, 3.63) is 58.4 Å². The molecule has 2 aromatic rings. The van der Waals surface area contributed by atoms with Crippen molar-refractivity contribution < 1.29 is 19.5 Å². The Balaban J connectivity index is 2.35. The molecule has 126 valence electrons. The zero-order valence-corrected chi connectivity index (χ0v) is 14.1. The summed E-state index contributed by atoms with van der Waals surface area (Å²) < 4.78 is 1.51. The van der Waals surface area contributed by atoms with Crippen LogP contribution in [-0.2, 0) is 11.8 Å². The number of hydrogen-bond donors (Lipinski definition) is 2. The number of hydrogen-bond acceptors (Lipinski definition) is 3. The highest BCUT2D eigenvalue weighted by Crippen LogP contribution is 2.21. The lowest BCUT2D eigenvalue weighted by Gasteiger charge is -2.18. The second-order valence-electron chi connectivity index (χ2n) is 5.81.